The van der Waals surface area contributed by atoms with Crippen molar-refractivity contribution in [2.75, 3.05) is 0 Å². The van der Waals surface area contributed by atoms with Crippen LogP contribution in [0.15, 0.2) is 0 Å². The second kappa shape index (κ2) is 8.08. The van der Waals surface area contributed by atoms with E-state index in [9.17, 15) is 26.3 Å². The molecule has 0 aromatic rings. The monoisotopic (exact) mass is 372 g/mol. The molecule has 2 saturated carbocycles. The fourth-order valence-electron chi connectivity index (χ4n) is 5.03. The molecule has 0 amide bonds. The van der Waals surface area contributed by atoms with Gasteiger partial charge in [-0.15, -0.1) is 0 Å². The number of hydrogen-bond acceptors (Lipinski definition) is 0. The lowest BCUT2D eigenvalue weighted by Crippen LogP contribution is -2.43. The van der Waals surface area contributed by atoms with Gasteiger partial charge in [-0.05, 0) is 42.9 Å². The van der Waals surface area contributed by atoms with Crippen LogP contribution in [-0.2, 0) is 0 Å². The third-order valence-electron chi connectivity index (χ3n) is 6.77. The fraction of sp³-hybridized carbons (Fsp3) is 1.00. The highest BCUT2D eigenvalue weighted by molar-refractivity contribution is 4.90. The normalized spacial score (nSPS) is 37.9. The second-order valence-electron chi connectivity index (χ2n) is 8.38. The molecule has 0 aromatic carbocycles. The fourth-order valence-corrected chi connectivity index (χ4v) is 5.03. The largest absolute Gasteiger partial charge is 0.392 e. The molecule has 0 aromatic heterocycles. The standard InChI is InChI=1S/C19H30F6/c1-3-13-4-6-14(7-5-13)8-9-15-11-16(18(20,21)22)12(2)10-17(15)19(23,24)25/h12-17H,3-11H2,1-2H3. The van der Waals surface area contributed by atoms with Gasteiger partial charge in [0, 0.05) is 0 Å². The zero-order valence-electron chi connectivity index (χ0n) is 15.1. The van der Waals surface area contributed by atoms with E-state index in [4.69, 9.17) is 0 Å². The summed E-state index contributed by atoms with van der Waals surface area (Å²) in [5.74, 6) is -3.90. The van der Waals surface area contributed by atoms with Crippen LogP contribution >= 0.6 is 0 Å². The van der Waals surface area contributed by atoms with Gasteiger partial charge in [0.2, 0.25) is 0 Å². The van der Waals surface area contributed by atoms with Crippen LogP contribution in [0.4, 0.5) is 26.3 Å². The summed E-state index contributed by atoms with van der Waals surface area (Å²) in [6.07, 6.45) is -3.23. The van der Waals surface area contributed by atoms with E-state index in [1.54, 1.807) is 0 Å². The first-order chi connectivity index (χ1) is 11.5. The third-order valence-corrected chi connectivity index (χ3v) is 6.77. The van der Waals surface area contributed by atoms with E-state index < -0.39 is 36.0 Å². The summed E-state index contributed by atoms with van der Waals surface area (Å²) in [5, 5.41) is 0. The van der Waals surface area contributed by atoms with Gasteiger partial charge < -0.3 is 0 Å². The molecular formula is C19H30F6. The Balaban J connectivity index is 1.98. The third kappa shape index (κ3) is 5.53. The van der Waals surface area contributed by atoms with Crippen molar-refractivity contribution in [3.05, 3.63) is 0 Å². The molecule has 0 bridgehead atoms. The first-order valence-electron chi connectivity index (χ1n) is 9.65. The minimum Gasteiger partial charge on any atom is -0.171 e. The molecule has 148 valence electrons. The van der Waals surface area contributed by atoms with Crippen LogP contribution in [0, 0.1) is 35.5 Å². The van der Waals surface area contributed by atoms with E-state index in [1.807, 2.05) is 0 Å². The van der Waals surface area contributed by atoms with E-state index in [1.165, 1.54) is 6.92 Å². The molecule has 0 spiro atoms. The number of alkyl halides is 6. The molecule has 4 unspecified atom stereocenters. The maximum Gasteiger partial charge on any atom is 0.392 e. The Morgan fingerprint density at radius 2 is 1.24 bits per heavy atom. The Kier molecular flexibility index (Phi) is 6.75. The lowest BCUT2D eigenvalue weighted by Gasteiger charge is -2.42. The SMILES string of the molecule is CCC1CCC(CCC2CC(C(F)(F)F)C(C)CC2C(F)(F)F)CC1. The maximum absolute atomic E-state index is 13.4. The molecule has 2 fully saturated rings. The van der Waals surface area contributed by atoms with Gasteiger partial charge in [0.1, 0.15) is 0 Å². The van der Waals surface area contributed by atoms with Crippen LogP contribution in [0.25, 0.3) is 0 Å². The van der Waals surface area contributed by atoms with Gasteiger partial charge in [0.15, 0.2) is 0 Å². The van der Waals surface area contributed by atoms with E-state index in [0.29, 0.717) is 18.3 Å². The average molecular weight is 372 g/mol. The van der Waals surface area contributed by atoms with Gasteiger partial charge in [0.05, 0.1) is 11.8 Å². The van der Waals surface area contributed by atoms with Crippen molar-refractivity contribution in [3.8, 4) is 0 Å². The highest BCUT2D eigenvalue weighted by Gasteiger charge is 2.54. The van der Waals surface area contributed by atoms with Crippen molar-refractivity contribution in [1.29, 1.82) is 0 Å². The molecule has 2 aliphatic carbocycles. The molecule has 0 nitrogen and oxygen atoms in total. The minimum atomic E-state index is -4.40. The van der Waals surface area contributed by atoms with Crippen LogP contribution in [0.5, 0.6) is 0 Å². The topological polar surface area (TPSA) is 0 Å². The quantitative estimate of drug-likeness (QED) is 0.451. The Morgan fingerprint density at radius 1 is 0.720 bits per heavy atom. The Morgan fingerprint density at radius 3 is 1.72 bits per heavy atom. The predicted molar refractivity (Wildman–Crippen MR) is 86.0 cm³/mol. The van der Waals surface area contributed by atoms with Gasteiger partial charge >= 0.3 is 12.4 Å². The van der Waals surface area contributed by atoms with Crippen LogP contribution in [0.3, 0.4) is 0 Å². The van der Waals surface area contributed by atoms with Gasteiger partial charge in [-0.2, -0.15) is 26.3 Å². The van der Waals surface area contributed by atoms with Gasteiger partial charge in [0.25, 0.3) is 0 Å². The Bertz CT molecular complexity index is 405. The summed E-state index contributed by atoms with van der Waals surface area (Å²) in [4.78, 5) is 0. The molecule has 0 N–H and O–H groups in total. The van der Waals surface area contributed by atoms with Crippen LogP contribution < -0.4 is 0 Å². The Labute approximate surface area is 146 Å². The summed E-state index contributed by atoms with van der Waals surface area (Å²) in [6.45, 7) is 3.47. The lowest BCUT2D eigenvalue weighted by molar-refractivity contribution is -0.240. The summed E-state index contributed by atoms with van der Waals surface area (Å²) in [6, 6.07) is 0. The van der Waals surface area contributed by atoms with Crippen molar-refractivity contribution in [2.45, 2.75) is 84.0 Å². The van der Waals surface area contributed by atoms with Crippen molar-refractivity contribution < 1.29 is 26.3 Å². The van der Waals surface area contributed by atoms with Crippen molar-refractivity contribution in [3.63, 3.8) is 0 Å². The van der Waals surface area contributed by atoms with Crippen LogP contribution in [0.1, 0.15) is 71.6 Å². The van der Waals surface area contributed by atoms with E-state index in [-0.39, 0.29) is 19.3 Å². The molecule has 0 aliphatic heterocycles. The highest BCUT2D eigenvalue weighted by Crippen LogP contribution is 2.52. The maximum atomic E-state index is 13.4. The summed E-state index contributed by atoms with van der Waals surface area (Å²) < 4.78 is 79.7. The first kappa shape index (κ1) is 20.9. The van der Waals surface area contributed by atoms with Crippen molar-refractivity contribution >= 4 is 0 Å². The molecule has 2 rings (SSSR count). The molecule has 0 radical (unpaired) electrons. The molecule has 4 atom stereocenters. The molecule has 0 heterocycles. The molecule has 6 heteroatoms. The zero-order valence-corrected chi connectivity index (χ0v) is 15.1. The lowest BCUT2D eigenvalue weighted by atomic mass is 9.66. The summed E-state index contributed by atoms with van der Waals surface area (Å²) in [7, 11) is 0. The van der Waals surface area contributed by atoms with Crippen LogP contribution in [0.2, 0.25) is 0 Å². The predicted octanol–water partition coefficient (Wildman–Crippen LogP) is 7.39. The zero-order chi connectivity index (χ0) is 18.8. The van der Waals surface area contributed by atoms with E-state index in [2.05, 4.69) is 6.92 Å². The van der Waals surface area contributed by atoms with Gasteiger partial charge in [-0.25, -0.2) is 0 Å². The van der Waals surface area contributed by atoms with Crippen molar-refractivity contribution in [2.24, 2.45) is 35.5 Å². The second-order valence-corrected chi connectivity index (χ2v) is 8.38. The summed E-state index contributed by atoms with van der Waals surface area (Å²) in [5.41, 5.74) is 0. The number of halogens is 6. The average Bonchev–Trinajstić information content (AvgIpc) is 2.52. The number of hydrogen-bond donors (Lipinski definition) is 0. The van der Waals surface area contributed by atoms with Gasteiger partial charge in [-0.3, -0.25) is 0 Å². The first-order valence-corrected chi connectivity index (χ1v) is 9.65. The smallest absolute Gasteiger partial charge is 0.171 e. The minimum absolute atomic E-state index is 0.283. The molecule has 25 heavy (non-hydrogen) atoms. The van der Waals surface area contributed by atoms with Gasteiger partial charge in [-0.1, -0.05) is 52.4 Å². The van der Waals surface area contributed by atoms with Crippen molar-refractivity contribution in [1.82, 2.24) is 0 Å². The van der Waals surface area contributed by atoms with E-state index >= 15 is 0 Å². The number of rotatable bonds is 4. The van der Waals surface area contributed by atoms with Crippen LogP contribution in [-0.4, -0.2) is 12.4 Å². The molecule has 2 aliphatic rings. The molecular weight excluding hydrogens is 342 g/mol. The van der Waals surface area contributed by atoms with E-state index in [0.717, 1.165) is 32.1 Å². The highest BCUT2D eigenvalue weighted by atomic mass is 19.4. The summed E-state index contributed by atoms with van der Waals surface area (Å²) >= 11 is 0. The Hall–Kier alpha value is -0.420. The molecule has 0 saturated heterocycles.